The van der Waals surface area contributed by atoms with E-state index in [1.54, 1.807) is 12.1 Å². The van der Waals surface area contributed by atoms with Gasteiger partial charge in [-0.05, 0) is 30.3 Å². The molecular formula is C22H23ClN4O4S. The van der Waals surface area contributed by atoms with Gasteiger partial charge >= 0.3 is 0 Å². The zero-order valence-corrected chi connectivity index (χ0v) is 19.3. The molecule has 168 valence electrons. The van der Waals surface area contributed by atoms with E-state index in [1.807, 2.05) is 41.3 Å². The summed E-state index contributed by atoms with van der Waals surface area (Å²) < 4.78 is 38.4. The van der Waals surface area contributed by atoms with Gasteiger partial charge in [-0.25, -0.2) is 8.42 Å². The van der Waals surface area contributed by atoms with Crippen LogP contribution in [0.4, 0.5) is 5.82 Å². The first-order valence-corrected chi connectivity index (χ1v) is 11.8. The quantitative estimate of drug-likeness (QED) is 0.541. The van der Waals surface area contributed by atoms with Crippen molar-refractivity contribution in [3.63, 3.8) is 0 Å². The lowest BCUT2D eigenvalue weighted by Gasteiger charge is -2.34. The van der Waals surface area contributed by atoms with E-state index in [1.165, 1.54) is 24.6 Å². The molecule has 1 aliphatic heterocycles. The van der Waals surface area contributed by atoms with Crippen molar-refractivity contribution in [1.82, 2.24) is 14.5 Å². The van der Waals surface area contributed by atoms with Gasteiger partial charge < -0.3 is 14.4 Å². The largest absolute Gasteiger partial charge is 0.497 e. The summed E-state index contributed by atoms with van der Waals surface area (Å²) in [6.45, 7) is 1.62. The highest BCUT2D eigenvalue weighted by Crippen LogP contribution is 2.31. The monoisotopic (exact) mass is 474 g/mol. The van der Waals surface area contributed by atoms with Gasteiger partial charge in [-0.3, -0.25) is 0 Å². The molecule has 2 aromatic carbocycles. The molecule has 0 atom stereocenters. The van der Waals surface area contributed by atoms with Crippen molar-refractivity contribution in [2.45, 2.75) is 4.90 Å². The molecule has 0 bridgehead atoms. The second-order valence-corrected chi connectivity index (χ2v) is 9.48. The van der Waals surface area contributed by atoms with E-state index in [2.05, 4.69) is 10.2 Å². The molecule has 1 aromatic heterocycles. The van der Waals surface area contributed by atoms with Crippen LogP contribution in [0.2, 0.25) is 5.02 Å². The van der Waals surface area contributed by atoms with E-state index in [0.29, 0.717) is 48.5 Å². The number of ether oxygens (including phenoxy) is 2. The van der Waals surface area contributed by atoms with Crippen molar-refractivity contribution in [1.29, 1.82) is 0 Å². The SMILES string of the molecule is COc1ccc(OC)c(S(=O)(=O)N2CCN(c3ccc(-c4ccccc4Cl)nn3)CC2)c1. The van der Waals surface area contributed by atoms with Crippen molar-refractivity contribution in [2.24, 2.45) is 0 Å². The van der Waals surface area contributed by atoms with E-state index in [4.69, 9.17) is 21.1 Å². The first-order chi connectivity index (χ1) is 15.4. The number of piperazine rings is 1. The lowest BCUT2D eigenvalue weighted by Crippen LogP contribution is -2.49. The predicted octanol–water partition coefficient (Wildman–Crippen LogP) is 3.33. The van der Waals surface area contributed by atoms with E-state index >= 15 is 0 Å². The minimum Gasteiger partial charge on any atom is -0.497 e. The maximum atomic E-state index is 13.2. The Morgan fingerprint density at radius 2 is 1.66 bits per heavy atom. The van der Waals surface area contributed by atoms with Gasteiger partial charge in [0.15, 0.2) is 5.82 Å². The molecule has 1 saturated heterocycles. The first-order valence-electron chi connectivity index (χ1n) is 10.00. The molecule has 0 aliphatic carbocycles. The number of benzene rings is 2. The van der Waals surface area contributed by atoms with Gasteiger partial charge in [-0.1, -0.05) is 29.8 Å². The average molecular weight is 475 g/mol. The van der Waals surface area contributed by atoms with Crippen molar-refractivity contribution in [3.8, 4) is 22.8 Å². The minimum atomic E-state index is -3.74. The molecule has 0 amide bonds. The van der Waals surface area contributed by atoms with Crippen LogP contribution < -0.4 is 14.4 Å². The maximum absolute atomic E-state index is 13.2. The number of aromatic nitrogens is 2. The van der Waals surface area contributed by atoms with E-state index < -0.39 is 10.0 Å². The normalized spacial score (nSPS) is 14.9. The molecule has 8 nitrogen and oxygen atoms in total. The van der Waals surface area contributed by atoms with Gasteiger partial charge in [-0.2, -0.15) is 4.31 Å². The van der Waals surface area contributed by atoms with Crippen LogP contribution in [0, 0.1) is 0 Å². The zero-order valence-electron chi connectivity index (χ0n) is 17.7. The first kappa shape index (κ1) is 22.3. The van der Waals surface area contributed by atoms with Crippen molar-refractivity contribution >= 4 is 27.4 Å². The highest BCUT2D eigenvalue weighted by molar-refractivity contribution is 7.89. The Labute approximate surface area is 192 Å². The second kappa shape index (κ2) is 9.32. The second-order valence-electron chi connectivity index (χ2n) is 7.16. The molecule has 0 saturated carbocycles. The highest BCUT2D eigenvalue weighted by atomic mass is 35.5. The third-order valence-corrected chi connectivity index (χ3v) is 7.60. The smallest absolute Gasteiger partial charge is 0.247 e. The Kier molecular flexibility index (Phi) is 6.50. The van der Waals surface area contributed by atoms with E-state index in [9.17, 15) is 8.42 Å². The number of halogens is 1. The van der Waals surface area contributed by atoms with Crippen LogP contribution >= 0.6 is 11.6 Å². The molecule has 3 aromatic rings. The molecule has 1 aliphatic rings. The summed E-state index contributed by atoms with van der Waals surface area (Å²) in [6, 6.07) is 16.0. The van der Waals surface area contributed by atoms with Gasteiger partial charge in [0.25, 0.3) is 0 Å². The topological polar surface area (TPSA) is 84.9 Å². The Bertz CT molecular complexity index is 1200. The third-order valence-electron chi connectivity index (χ3n) is 5.35. The Morgan fingerprint density at radius 3 is 2.28 bits per heavy atom. The standard InChI is InChI=1S/C22H23ClN4O4S/c1-30-16-7-9-20(31-2)21(15-16)32(28,29)27-13-11-26(12-14-27)22-10-8-19(24-25-22)17-5-3-4-6-18(17)23/h3-10,15H,11-14H2,1-2H3. The Hall–Kier alpha value is -2.88. The number of hydrogen-bond acceptors (Lipinski definition) is 7. The Morgan fingerprint density at radius 1 is 0.906 bits per heavy atom. The van der Waals surface area contributed by atoms with Crippen LogP contribution in [0.25, 0.3) is 11.3 Å². The van der Waals surface area contributed by atoms with Crippen LogP contribution in [0.1, 0.15) is 0 Å². The van der Waals surface area contributed by atoms with Crippen LogP contribution in [0.5, 0.6) is 11.5 Å². The van der Waals surface area contributed by atoms with Crippen molar-refractivity contribution < 1.29 is 17.9 Å². The van der Waals surface area contributed by atoms with Crippen LogP contribution in [-0.4, -0.2) is 63.3 Å². The summed E-state index contributed by atoms with van der Waals surface area (Å²) in [5.74, 6) is 1.43. The lowest BCUT2D eigenvalue weighted by molar-refractivity contribution is 0.370. The molecule has 0 N–H and O–H groups in total. The van der Waals surface area contributed by atoms with E-state index in [-0.39, 0.29) is 10.6 Å². The fourth-order valence-corrected chi connectivity index (χ4v) is 5.41. The number of sulfonamides is 1. The third kappa shape index (κ3) is 4.36. The summed E-state index contributed by atoms with van der Waals surface area (Å²) in [7, 11) is -0.796. The molecule has 0 spiro atoms. The van der Waals surface area contributed by atoms with Crippen molar-refractivity contribution in [2.75, 3.05) is 45.3 Å². The number of hydrogen-bond donors (Lipinski definition) is 0. The summed E-state index contributed by atoms with van der Waals surface area (Å²) >= 11 is 6.24. The number of methoxy groups -OCH3 is 2. The molecule has 0 unspecified atom stereocenters. The summed E-state index contributed by atoms with van der Waals surface area (Å²) in [5.41, 5.74) is 1.50. The van der Waals surface area contributed by atoms with Gasteiger partial charge in [0.1, 0.15) is 16.4 Å². The van der Waals surface area contributed by atoms with Gasteiger partial charge in [0, 0.05) is 37.8 Å². The minimum absolute atomic E-state index is 0.0942. The molecule has 2 heterocycles. The fourth-order valence-electron chi connectivity index (χ4n) is 3.59. The Balaban J connectivity index is 1.48. The zero-order chi connectivity index (χ0) is 22.7. The van der Waals surface area contributed by atoms with Crippen LogP contribution in [0.3, 0.4) is 0 Å². The average Bonchev–Trinajstić information content (AvgIpc) is 2.84. The molecule has 0 radical (unpaired) electrons. The summed E-state index contributed by atoms with van der Waals surface area (Å²) in [6.07, 6.45) is 0. The molecule has 10 heteroatoms. The molecule has 1 fully saturated rings. The van der Waals surface area contributed by atoms with Crippen LogP contribution in [0.15, 0.2) is 59.5 Å². The lowest BCUT2D eigenvalue weighted by atomic mass is 10.1. The van der Waals surface area contributed by atoms with Crippen molar-refractivity contribution in [3.05, 3.63) is 59.6 Å². The summed E-state index contributed by atoms with van der Waals surface area (Å²) in [5, 5.41) is 9.24. The fraction of sp³-hybridized carbons (Fsp3) is 0.273. The summed E-state index contributed by atoms with van der Waals surface area (Å²) in [4.78, 5) is 2.11. The van der Waals surface area contributed by atoms with E-state index in [0.717, 1.165) is 5.56 Å². The van der Waals surface area contributed by atoms with Gasteiger partial charge in [-0.15, -0.1) is 10.2 Å². The van der Waals surface area contributed by atoms with Gasteiger partial charge in [0.05, 0.1) is 24.9 Å². The maximum Gasteiger partial charge on any atom is 0.247 e. The highest BCUT2D eigenvalue weighted by Gasteiger charge is 2.31. The van der Waals surface area contributed by atoms with Gasteiger partial charge in [0.2, 0.25) is 10.0 Å². The number of anilines is 1. The molecule has 32 heavy (non-hydrogen) atoms. The predicted molar refractivity (Wildman–Crippen MR) is 123 cm³/mol. The number of nitrogens with zero attached hydrogens (tertiary/aromatic N) is 4. The molecule has 4 rings (SSSR count). The van der Waals surface area contributed by atoms with Crippen LogP contribution in [-0.2, 0) is 10.0 Å². The number of rotatable bonds is 6. The molecular weight excluding hydrogens is 452 g/mol.